The number of para-hydroxylation sites is 2. The molecule has 1 saturated heterocycles. The average molecular weight is 794 g/mol. The summed E-state index contributed by atoms with van der Waals surface area (Å²) < 4.78 is 31.0. The summed E-state index contributed by atoms with van der Waals surface area (Å²) in [5.74, 6) is 1.48. The van der Waals surface area contributed by atoms with Crippen LogP contribution >= 0.6 is 0 Å². The molecule has 6 aromatic rings. The second-order valence-electron chi connectivity index (χ2n) is 16.3. The van der Waals surface area contributed by atoms with E-state index in [4.69, 9.17) is 14.2 Å². The first-order valence-corrected chi connectivity index (χ1v) is 20.6. The Morgan fingerprint density at radius 1 is 0.492 bits per heavy atom. The zero-order valence-corrected chi connectivity index (χ0v) is 32.8. The van der Waals surface area contributed by atoms with Gasteiger partial charge >= 0.3 is 0 Å². The number of pyridine rings is 3. The highest BCUT2D eigenvalue weighted by molar-refractivity contribution is 5.75. The molecule has 59 heavy (non-hydrogen) atoms. The van der Waals surface area contributed by atoms with Gasteiger partial charge in [-0.2, -0.15) is 0 Å². The van der Waals surface area contributed by atoms with Gasteiger partial charge in [-0.3, -0.25) is 15.0 Å². The highest BCUT2D eigenvalue weighted by atomic mass is 19.1. The molecule has 4 heterocycles. The Hall–Kier alpha value is -5.52. The minimum Gasteiger partial charge on any atom is -0.490 e. The molecule has 302 valence electrons. The van der Waals surface area contributed by atoms with Crippen LogP contribution in [0.4, 0.5) is 4.39 Å². The van der Waals surface area contributed by atoms with E-state index in [1.54, 1.807) is 61.4 Å². The Morgan fingerprint density at radius 3 is 1.25 bits per heavy atom. The van der Waals surface area contributed by atoms with Crippen LogP contribution in [0.15, 0.2) is 128 Å². The van der Waals surface area contributed by atoms with E-state index < -0.39 is 16.8 Å². The minimum atomic E-state index is -0.800. The molecular weight excluding hydrogens is 746 g/mol. The van der Waals surface area contributed by atoms with Gasteiger partial charge in [-0.25, -0.2) is 4.39 Å². The maximum absolute atomic E-state index is 13.8. The average Bonchev–Trinajstić information content (AvgIpc) is 4.20. The lowest BCUT2D eigenvalue weighted by molar-refractivity contribution is -0.0794. The van der Waals surface area contributed by atoms with Gasteiger partial charge in [-0.05, 0) is 111 Å². The Labute approximate surface area is 343 Å². The second kappa shape index (κ2) is 16.3. The van der Waals surface area contributed by atoms with Gasteiger partial charge in [-0.1, -0.05) is 54.6 Å². The number of benzene rings is 3. The first-order valence-electron chi connectivity index (χ1n) is 20.6. The predicted octanol–water partition coefficient (Wildman–Crippen LogP) is 9.04. The summed E-state index contributed by atoms with van der Waals surface area (Å²) in [6, 6.07) is 28.3. The van der Waals surface area contributed by atoms with Crippen LogP contribution in [0.25, 0.3) is 33.4 Å². The fourth-order valence-electron chi connectivity index (χ4n) is 7.56. The van der Waals surface area contributed by atoms with Crippen molar-refractivity contribution < 1.29 is 33.9 Å². The standard InChI is InChI=1S/C18H19NO2.C17H17NO3.C14H12FNO/c20-18(9-10-18)16-12-19-11-8-14(16)15-6-1-2-7-17(15)21-13-4-3-5-13;19-17(6-7-17)15-9-18-8-5-13(15)14-3-1-2-4-16(14)21-12-10-20-11-12;15-13-4-2-1-3-11(13)10-5-8-16-9-12(10)14(17)6-7-14/h1-2,6-8,11-13,20H,3-5,9-10H2;1-5,8-9,12,19H,6-7,10-11H2;1-5,8-9,17H,6-7H2. The Kier molecular flexibility index (Phi) is 10.7. The molecule has 5 fully saturated rings. The molecule has 4 aliphatic carbocycles. The third kappa shape index (κ3) is 8.49. The van der Waals surface area contributed by atoms with E-state index in [1.807, 2.05) is 54.6 Å². The van der Waals surface area contributed by atoms with Crippen molar-refractivity contribution in [2.75, 3.05) is 13.2 Å². The molecule has 0 radical (unpaired) electrons. The van der Waals surface area contributed by atoms with Crippen LogP contribution in [0, 0.1) is 5.82 Å². The summed E-state index contributed by atoms with van der Waals surface area (Å²) in [5, 5.41) is 31.1. The van der Waals surface area contributed by atoms with Crippen LogP contribution in [-0.4, -0.2) is 55.7 Å². The minimum absolute atomic E-state index is 0.125. The maximum Gasteiger partial charge on any atom is 0.145 e. The zero-order chi connectivity index (χ0) is 40.5. The van der Waals surface area contributed by atoms with Crippen LogP contribution in [0.1, 0.15) is 74.5 Å². The first kappa shape index (κ1) is 39.0. The summed E-state index contributed by atoms with van der Waals surface area (Å²) in [5.41, 5.74) is 5.70. The van der Waals surface area contributed by atoms with Gasteiger partial charge < -0.3 is 29.5 Å². The van der Waals surface area contributed by atoms with E-state index >= 15 is 0 Å². The van der Waals surface area contributed by atoms with Crippen LogP contribution in [0.5, 0.6) is 11.5 Å². The molecule has 1 aliphatic heterocycles. The van der Waals surface area contributed by atoms with Gasteiger partial charge in [0, 0.05) is 70.6 Å². The number of halogens is 1. The molecule has 0 amide bonds. The number of hydrogen-bond donors (Lipinski definition) is 3. The van der Waals surface area contributed by atoms with Gasteiger partial charge in [-0.15, -0.1) is 0 Å². The highest BCUT2D eigenvalue weighted by Crippen LogP contribution is 2.51. The van der Waals surface area contributed by atoms with E-state index in [0.717, 1.165) is 107 Å². The van der Waals surface area contributed by atoms with Crippen molar-refractivity contribution in [3.63, 3.8) is 0 Å². The van der Waals surface area contributed by atoms with Gasteiger partial charge in [0.25, 0.3) is 0 Å². The second-order valence-corrected chi connectivity index (χ2v) is 16.3. The van der Waals surface area contributed by atoms with Crippen molar-refractivity contribution in [2.45, 2.75) is 86.8 Å². The van der Waals surface area contributed by atoms with Crippen molar-refractivity contribution in [2.24, 2.45) is 0 Å². The third-order valence-electron chi connectivity index (χ3n) is 11.9. The van der Waals surface area contributed by atoms with Crippen LogP contribution in [0.2, 0.25) is 0 Å². The molecule has 10 heteroatoms. The van der Waals surface area contributed by atoms with E-state index in [2.05, 4.69) is 21.0 Å². The molecule has 0 unspecified atom stereocenters. The number of aromatic nitrogens is 3. The van der Waals surface area contributed by atoms with Crippen LogP contribution in [-0.2, 0) is 21.5 Å². The summed E-state index contributed by atoms with van der Waals surface area (Å²) in [4.78, 5) is 12.4. The summed E-state index contributed by atoms with van der Waals surface area (Å²) >= 11 is 0. The predicted molar refractivity (Wildman–Crippen MR) is 222 cm³/mol. The van der Waals surface area contributed by atoms with Gasteiger partial charge in [0.05, 0.1) is 36.1 Å². The van der Waals surface area contributed by atoms with E-state index in [1.165, 1.54) is 12.5 Å². The summed E-state index contributed by atoms with van der Waals surface area (Å²) in [6.45, 7) is 1.28. The maximum atomic E-state index is 13.8. The lowest BCUT2D eigenvalue weighted by Crippen LogP contribution is -2.38. The number of ether oxygens (including phenoxy) is 3. The molecule has 0 bridgehead atoms. The van der Waals surface area contributed by atoms with Crippen molar-refractivity contribution in [3.8, 4) is 44.9 Å². The summed E-state index contributed by atoms with van der Waals surface area (Å²) in [7, 11) is 0. The number of aliphatic hydroxyl groups is 3. The molecule has 3 N–H and O–H groups in total. The number of nitrogens with zero attached hydrogens (tertiary/aromatic N) is 3. The van der Waals surface area contributed by atoms with Crippen molar-refractivity contribution >= 4 is 0 Å². The SMILES string of the molecule is OC1(c2cnccc2-c2ccccc2F)CC1.OC1(c2cnccc2-c2ccccc2OC2CCC2)CC1.OC1(c2cnccc2-c2ccccc2OC2COC2)CC1. The molecule has 9 nitrogen and oxygen atoms in total. The fraction of sp³-hybridized carbons (Fsp3) is 0.327. The van der Waals surface area contributed by atoms with Gasteiger partial charge in [0.1, 0.15) is 23.4 Å². The van der Waals surface area contributed by atoms with Crippen molar-refractivity contribution in [1.82, 2.24) is 15.0 Å². The van der Waals surface area contributed by atoms with Gasteiger partial charge in [0.2, 0.25) is 0 Å². The van der Waals surface area contributed by atoms with E-state index in [9.17, 15) is 19.7 Å². The molecule has 3 aromatic heterocycles. The fourth-order valence-corrected chi connectivity index (χ4v) is 7.56. The first-order chi connectivity index (χ1) is 28.7. The number of hydrogen-bond acceptors (Lipinski definition) is 9. The lowest BCUT2D eigenvalue weighted by Gasteiger charge is -2.28. The smallest absolute Gasteiger partial charge is 0.145 e. The lowest BCUT2D eigenvalue weighted by atomic mass is 9.94. The molecule has 0 atom stereocenters. The Morgan fingerprint density at radius 2 is 0.881 bits per heavy atom. The quantitative estimate of drug-likeness (QED) is 0.125. The number of rotatable bonds is 10. The summed E-state index contributed by atoms with van der Waals surface area (Å²) in [6.07, 6.45) is 19.0. The van der Waals surface area contributed by atoms with Gasteiger partial charge in [0.15, 0.2) is 0 Å². The third-order valence-corrected chi connectivity index (χ3v) is 11.9. The van der Waals surface area contributed by atoms with Crippen molar-refractivity contribution in [3.05, 3.63) is 151 Å². The highest BCUT2D eigenvalue weighted by Gasteiger charge is 2.46. The largest absolute Gasteiger partial charge is 0.490 e. The van der Waals surface area contributed by atoms with E-state index in [-0.39, 0.29) is 11.9 Å². The van der Waals surface area contributed by atoms with E-state index in [0.29, 0.717) is 24.9 Å². The molecule has 4 saturated carbocycles. The Bertz CT molecular complexity index is 2300. The van der Waals surface area contributed by atoms with Crippen LogP contribution < -0.4 is 9.47 Å². The topological polar surface area (TPSA) is 127 Å². The normalized spacial score (nSPS) is 19.0. The molecular formula is C49H48FN3O6. The van der Waals surface area contributed by atoms with Crippen molar-refractivity contribution in [1.29, 1.82) is 0 Å². The molecule has 0 spiro atoms. The molecule has 11 rings (SSSR count). The Balaban J connectivity index is 0.000000115. The zero-order valence-electron chi connectivity index (χ0n) is 32.8. The molecule has 3 aromatic carbocycles. The monoisotopic (exact) mass is 793 g/mol. The van der Waals surface area contributed by atoms with Crippen LogP contribution in [0.3, 0.4) is 0 Å². The molecule has 5 aliphatic rings.